The summed E-state index contributed by atoms with van der Waals surface area (Å²) < 4.78 is 2.71. The minimum Gasteiger partial charge on any atom is -0.476 e. The van der Waals surface area contributed by atoms with Gasteiger partial charge in [0.25, 0.3) is 0 Å². The van der Waals surface area contributed by atoms with Gasteiger partial charge in [0, 0.05) is 6.54 Å². The minimum absolute atomic E-state index is 0.189. The van der Waals surface area contributed by atoms with Gasteiger partial charge in [-0.2, -0.15) is 0 Å². The van der Waals surface area contributed by atoms with E-state index in [1.54, 1.807) is 0 Å². The first-order chi connectivity index (χ1) is 8.66. The van der Waals surface area contributed by atoms with Crippen LogP contribution in [0.15, 0.2) is 12.1 Å². The van der Waals surface area contributed by atoms with Gasteiger partial charge in [0.15, 0.2) is 11.5 Å². The molecule has 0 aliphatic carbocycles. The number of halogens is 1. The topological polar surface area (TPSA) is 55.1 Å². The molecule has 3 heterocycles. The molecule has 3 rings (SSSR count). The van der Waals surface area contributed by atoms with Crippen LogP contribution in [0.4, 0.5) is 0 Å². The summed E-state index contributed by atoms with van der Waals surface area (Å²) in [6, 6.07) is 3.70. The van der Waals surface area contributed by atoms with Crippen molar-refractivity contribution in [1.29, 1.82) is 0 Å². The fourth-order valence-corrected chi connectivity index (χ4v) is 3.38. The second-order valence-corrected chi connectivity index (χ2v) is 5.96. The Bertz CT molecular complexity index is 618. The molecular formula is C12H11ClN2O2S. The van der Waals surface area contributed by atoms with Crippen LogP contribution in [0, 0.1) is 0 Å². The molecule has 18 heavy (non-hydrogen) atoms. The van der Waals surface area contributed by atoms with Crippen LogP contribution in [0.3, 0.4) is 0 Å². The summed E-state index contributed by atoms with van der Waals surface area (Å²) >= 11 is 7.36. The lowest BCUT2D eigenvalue weighted by Crippen LogP contribution is -2.13. The lowest BCUT2D eigenvalue weighted by Gasteiger charge is -2.16. The lowest BCUT2D eigenvalue weighted by molar-refractivity contribution is 0.0689. The molecule has 0 radical (unpaired) electrons. The number of thiophene rings is 1. The van der Waals surface area contributed by atoms with E-state index in [9.17, 15) is 9.90 Å². The summed E-state index contributed by atoms with van der Waals surface area (Å²) in [5, 5.41) is 9.21. The van der Waals surface area contributed by atoms with E-state index in [4.69, 9.17) is 11.6 Å². The number of fused-ring (bicyclic) bond motifs is 1. The maximum atomic E-state index is 11.2. The van der Waals surface area contributed by atoms with E-state index < -0.39 is 5.97 Å². The van der Waals surface area contributed by atoms with Crippen molar-refractivity contribution in [1.82, 2.24) is 9.55 Å². The summed E-state index contributed by atoms with van der Waals surface area (Å²) in [4.78, 5) is 16.4. The van der Waals surface area contributed by atoms with Crippen molar-refractivity contribution in [3.63, 3.8) is 0 Å². The van der Waals surface area contributed by atoms with Crippen LogP contribution in [-0.4, -0.2) is 20.6 Å². The maximum Gasteiger partial charge on any atom is 0.356 e. The third-order valence-electron chi connectivity index (χ3n) is 3.11. The highest BCUT2D eigenvalue weighted by Gasteiger charge is 2.25. The molecule has 6 heteroatoms. The molecule has 0 saturated heterocycles. The maximum absolute atomic E-state index is 11.2. The summed E-state index contributed by atoms with van der Waals surface area (Å²) in [5.41, 5.74) is 1.03. The molecule has 0 bridgehead atoms. The van der Waals surface area contributed by atoms with Crippen molar-refractivity contribution in [2.75, 3.05) is 0 Å². The zero-order valence-electron chi connectivity index (χ0n) is 9.52. The van der Waals surface area contributed by atoms with Crippen molar-refractivity contribution < 1.29 is 9.90 Å². The lowest BCUT2D eigenvalue weighted by atomic mass is 10.1. The Hall–Kier alpha value is -1.33. The summed E-state index contributed by atoms with van der Waals surface area (Å²) in [6.07, 6.45) is 2.87. The summed E-state index contributed by atoms with van der Waals surface area (Å²) in [5.74, 6) is -0.214. The molecule has 4 nitrogen and oxygen atoms in total. The average Bonchev–Trinajstić information content (AvgIpc) is 2.92. The number of carboxylic acids is 1. The number of rotatable bonds is 2. The van der Waals surface area contributed by atoms with E-state index in [1.165, 1.54) is 11.3 Å². The molecule has 0 atom stereocenters. The van der Waals surface area contributed by atoms with Gasteiger partial charge in [-0.05, 0) is 31.4 Å². The van der Waals surface area contributed by atoms with Gasteiger partial charge in [-0.15, -0.1) is 11.3 Å². The number of hydrogen-bond acceptors (Lipinski definition) is 3. The van der Waals surface area contributed by atoms with Crippen LogP contribution in [-0.2, 0) is 13.0 Å². The van der Waals surface area contributed by atoms with Gasteiger partial charge in [0.1, 0.15) is 0 Å². The summed E-state index contributed by atoms with van der Waals surface area (Å²) in [7, 11) is 0. The Morgan fingerprint density at radius 2 is 2.28 bits per heavy atom. The molecular weight excluding hydrogens is 272 g/mol. The SMILES string of the molecule is O=C(O)c1nc(-c2ccc(Cl)s2)n2c1CCCC2. The number of nitrogens with zero attached hydrogens (tertiary/aromatic N) is 2. The van der Waals surface area contributed by atoms with Crippen molar-refractivity contribution in [2.45, 2.75) is 25.8 Å². The molecule has 1 N–H and O–H groups in total. The molecule has 94 valence electrons. The zero-order chi connectivity index (χ0) is 12.7. The van der Waals surface area contributed by atoms with Crippen molar-refractivity contribution >= 4 is 28.9 Å². The Labute approximate surface area is 113 Å². The molecule has 2 aromatic heterocycles. The number of carboxylic acid groups (broad SMARTS) is 1. The number of carbonyl (C=O) groups is 1. The van der Waals surface area contributed by atoms with Gasteiger partial charge >= 0.3 is 5.97 Å². The molecule has 0 aromatic carbocycles. The van der Waals surface area contributed by atoms with Gasteiger partial charge in [0.05, 0.1) is 14.9 Å². The molecule has 0 spiro atoms. The number of imidazole rings is 1. The van der Waals surface area contributed by atoms with Crippen LogP contribution < -0.4 is 0 Å². The van der Waals surface area contributed by atoms with Crippen molar-refractivity contribution in [2.24, 2.45) is 0 Å². The monoisotopic (exact) mass is 282 g/mol. The van der Waals surface area contributed by atoms with Gasteiger partial charge in [-0.25, -0.2) is 9.78 Å². The van der Waals surface area contributed by atoms with Crippen molar-refractivity contribution in [3.8, 4) is 10.7 Å². The predicted octanol–water partition coefficient (Wildman–Crippen LogP) is 3.30. The van der Waals surface area contributed by atoms with Gasteiger partial charge in [-0.1, -0.05) is 11.6 Å². The Morgan fingerprint density at radius 3 is 2.94 bits per heavy atom. The highest BCUT2D eigenvalue weighted by Crippen LogP contribution is 2.33. The normalized spacial score (nSPS) is 14.5. The first-order valence-electron chi connectivity index (χ1n) is 5.75. The molecule has 1 aliphatic heterocycles. The third kappa shape index (κ3) is 1.83. The molecule has 0 saturated carbocycles. The van der Waals surface area contributed by atoms with E-state index in [1.807, 2.05) is 16.7 Å². The fourth-order valence-electron chi connectivity index (χ4n) is 2.34. The largest absolute Gasteiger partial charge is 0.476 e. The van der Waals surface area contributed by atoms with Crippen LogP contribution in [0.5, 0.6) is 0 Å². The molecule has 0 amide bonds. The number of hydrogen-bond donors (Lipinski definition) is 1. The number of aromatic nitrogens is 2. The Kier molecular flexibility index (Phi) is 2.87. The van der Waals surface area contributed by atoms with Gasteiger partial charge in [0.2, 0.25) is 0 Å². The van der Waals surface area contributed by atoms with E-state index in [0.717, 1.165) is 42.2 Å². The van der Waals surface area contributed by atoms with Crippen molar-refractivity contribution in [3.05, 3.63) is 27.9 Å². The predicted molar refractivity (Wildman–Crippen MR) is 70.4 cm³/mol. The highest BCUT2D eigenvalue weighted by molar-refractivity contribution is 7.19. The van der Waals surface area contributed by atoms with Gasteiger partial charge < -0.3 is 9.67 Å². The Balaban J connectivity index is 2.18. The first kappa shape index (κ1) is 11.7. The Morgan fingerprint density at radius 1 is 1.44 bits per heavy atom. The summed E-state index contributed by atoms with van der Waals surface area (Å²) in [6.45, 7) is 0.834. The van der Waals surface area contributed by atoms with E-state index >= 15 is 0 Å². The fraction of sp³-hybridized carbons (Fsp3) is 0.333. The third-order valence-corrected chi connectivity index (χ3v) is 4.34. The van der Waals surface area contributed by atoms with Crippen LogP contribution in [0.2, 0.25) is 4.34 Å². The van der Waals surface area contributed by atoms with E-state index in [-0.39, 0.29) is 5.69 Å². The standard InChI is InChI=1S/C12H11ClN2O2S/c13-9-5-4-8(18-9)11-14-10(12(16)17)7-3-1-2-6-15(7)11/h4-5H,1-3,6H2,(H,16,17). The second-order valence-electron chi connectivity index (χ2n) is 4.25. The molecule has 2 aromatic rings. The first-order valence-corrected chi connectivity index (χ1v) is 6.94. The second kappa shape index (κ2) is 4.40. The minimum atomic E-state index is -0.949. The molecule has 1 aliphatic rings. The zero-order valence-corrected chi connectivity index (χ0v) is 11.1. The quantitative estimate of drug-likeness (QED) is 0.919. The van der Waals surface area contributed by atoms with Crippen LogP contribution in [0.25, 0.3) is 10.7 Å². The molecule has 0 unspecified atom stereocenters. The highest BCUT2D eigenvalue weighted by atomic mass is 35.5. The average molecular weight is 283 g/mol. The molecule has 0 fully saturated rings. The van der Waals surface area contributed by atoms with Crippen LogP contribution in [0.1, 0.15) is 29.0 Å². The smallest absolute Gasteiger partial charge is 0.356 e. The van der Waals surface area contributed by atoms with E-state index in [0.29, 0.717) is 4.34 Å². The van der Waals surface area contributed by atoms with E-state index in [2.05, 4.69) is 4.98 Å². The number of aromatic carboxylic acids is 1. The van der Waals surface area contributed by atoms with Crippen LogP contribution >= 0.6 is 22.9 Å². The van der Waals surface area contributed by atoms with Gasteiger partial charge in [-0.3, -0.25) is 0 Å².